The van der Waals surface area contributed by atoms with Crippen LogP contribution in [0.25, 0.3) is 0 Å². The Bertz CT molecular complexity index is 522. The van der Waals surface area contributed by atoms with Gasteiger partial charge in [0.15, 0.2) is 0 Å². The van der Waals surface area contributed by atoms with Gasteiger partial charge in [0, 0.05) is 52.0 Å². The molecule has 0 aromatic heterocycles. The third-order valence-corrected chi connectivity index (χ3v) is 4.88. The summed E-state index contributed by atoms with van der Waals surface area (Å²) in [4.78, 5) is 18.6. The number of amides is 1. The SMILES string of the molecule is CN(C)c1ccc(CN2CCC(N3CCOCC3=O)CC2)cc1. The third-order valence-electron chi connectivity index (χ3n) is 4.88. The van der Waals surface area contributed by atoms with Gasteiger partial charge in [-0.15, -0.1) is 0 Å². The molecule has 0 bridgehead atoms. The molecule has 0 unspecified atom stereocenters. The van der Waals surface area contributed by atoms with Crippen LogP contribution in [-0.2, 0) is 16.1 Å². The molecule has 0 aliphatic carbocycles. The van der Waals surface area contributed by atoms with Crippen LogP contribution in [0.5, 0.6) is 0 Å². The van der Waals surface area contributed by atoms with Gasteiger partial charge in [0.25, 0.3) is 0 Å². The molecule has 1 aromatic carbocycles. The van der Waals surface area contributed by atoms with Gasteiger partial charge in [0.05, 0.1) is 6.61 Å². The van der Waals surface area contributed by atoms with Gasteiger partial charge in [-0.1, -0.05) is 12.1 Å². The van der Waals surface area contributed by atoms with E-state index in [1.54, 1.807) is 0 Å². The summed E-state index contributed by atoms with van der Waals surface area (Å²) in [5.74, 6) is 0.161. The largest absolute Gasteiger partial charge is 0.378 e. The number of anilines is 1. The molecule has 5 nitrogen and oxygen atoms in total. The molecule has 1 aromatic rings. The second-order valence-electron chi connectivity index (χ2n) is 6.71. The molecule has 23 heavy (non-hydrogen) atoms. The molecular formula is C18H27N3O2. The molecule has 0 saturated carbocycles. The van der Waals surface area contributed by atoms with Crippen molar-refractivity contribution < 1.29 is 9.53 Å². The number of hydrogen-bond acceptors (Lipinski definition) is 4. The first-order chi connectivity index (χ1) is 11.1. The van der Waals surface area contributed by atoms with Gasteiger partial charge < -0.3 is 14.5 Å². The minimum atomic E-state index is 0.161. The summed E-state index contributed by atoms with van der Waals surface area (Å²) in [5.41, 5.74) is 2.59. The van der Waals surface area contributed by atoms with E-state index >= 15 is 0 Å². The molecule has 2 saturated heterocycles. The van der Waals surface area contributed by atoms with Gasteiger partial charge >= 0.3 is 0 Å². The maximum absolute atomic E-state index is 11.9. The van der Waals surface area contributed by atoms with Crippen LogP contribution >= 0.6 is 0 Å². The number of benzene rings is 1. The topological polar surface area (TPSA) is 36.0 Å². The summed E-state index contributed by atoms with van der Waals surface area (Å²) in [6.45, 7) is 4.82. The molecule has 5 heteroatoms. The van der Waals surface area contributed by atoms with Crippen molar-refractivity contribution in [3.63, 3.8) is 0 Å². The zero-order valence-corrected chi connectivity index (χ0v) is 14.2. The fraction of sp³-hybridized carbons (Fsp3) is 0.611. The van der Waals surface area contributed by atoms with Gasteiger partial charge in [0.1, 0.15) is 6.61 Å². The fourth-order valence-corrected chi connectivity index (χ4v) is 3.46. The molecule has 1 amide bonds. The molecule has 2 heterocycles. The van der Waals surface area contributed by atoms with Gasteiger partial charge in [-0.25, -0.2) is 0 Å². The van der Waals surface area contributed by atoms with Crippen LogP contribution in [0.1, 0.15) is 18.4 Å². The van der Waals surface area contributed by atoms with Crippen LogP contribution in [0.3, 0.4) is 0 Å². The second-order valence-corrected chi connectivity index (χ2v) is 6.71. The predicted octanol–water partition coefficient (Wildman–Crippen LogP) is 1.58. The Labute approximate surface area is 138 Å². The third kappa shape index (κ3) is 4.03. The van der Waals surface area contributed by atoms with Crippen LogP contribution in [0, 0.1) is 0 Å². The van der Waals surface area contributed by atoms with E-state index in [1.165, 1.54) is 11.3 Å². The number of nitrogens with zero attached hydrogens (tertiary/aromatic N) is 3. The maximum atomic E-state index is 11.9. The quantitative estimate of drug-likeness (QED) is 0.845. The van der Waals surface area contributed by atoms with E-state index < -0.39 is 0 Å². The van der Waals surface area contributed by atoms with Crippen molar-refractivity contribution in [3.05, 3.63) is 29.8 Å². The van der Waals surface area contributed by atoms with Gasteiger partial charge in [-0.3, -0.25) is 9.69 Å². The van der Waals surface area contributed by atoms with E-state index in [0.29, 0.717) is 12.6 Å². The first-order valence-corrected chi connectivity index (χ1v) is 8.49. The lowest BCUT2D eigenvalue weighted by molar-refractivity contribution is -0.146. The summed E-state index contributed by atoms with van der Waals surface area (Å²) in [7, 11) is 4.12. The predicted molar refractivity (Wildman–Crippen MR) is 91.6 cm³/mol. The lowest BCUT2D eigenvalue weighted by Gasteiger charge is -2.40. The molecule has 3 rings (SSSR count). The fourth-order valence-electron chi connectivity index (χ4n) is 3.46. The smallest absolute Gasteiger partial charge is 0.248 e. The van der Waals surface area contributed by atoms with Crippen LogP contribution in [-0.4, -0.2) is 68.7 Å². The van der Waals surface area contributed by atoms with Crippen LogP contribution in [0.15, 0.2) is 24.3 Å². The van der Waals surface area contributed by atoms with Crippen LogP contribution in [0.2, 0.25) is 0 Å². The van der Waals surface area contributed by atoms with Crippen molar-refractivity contribution in [3.8, 4) is 0 Å². The normalized spacial score (nSPS) is 20.8. The number of morpholine rings is 1. The average Bonchev–Trinajstić information content (AvgIpc) is 2.57. The van der Waals surface area contributed by atoms with Crippen molar-refractivity contribution in [1.29, 1.82) is 0 Å². The summed E-state index contributed by atoms with van der Waals surface area (Å²) in [6.07, 6.45) is 2.14. The zero-order chi connectivity index (χ0) is 16.2. The number of carbonyl (C=O) groups excluding carboxylic acids is 1. The maximum Gasteiger partial charge on any atom is 0.248 e. The Balaban J connectivity index is 1.50. The van der Waals surface area contributed by atoms with Crippen LogP contribution < -0.4 is 4.90 Å². The molecule has 126 valence electrons. The van der Waals surface area contributed by atoms with Crippen molar-refractivity contribution in [2.75, 3.05) is 51.8 Å². The lowest BCUT2D eigenvalue weighted by atomic mass is 10.0. The number of hydrogen-bond donors (Lipinski definition) is 0. The number of rotatable bonds is 4. The first kappa shape index (κ1) is 16.3. The highest BCUT2D eigenvalue weighted by molar-refractivity contribution is 5.78. The highest BCUT2D eigenvalue weighted by Crippen LogP contribution is 2.20. The second kappa shape index (κ2) is 7.32. The monoisotopic (exact) mass is 317 g/mol. The Hall–Kier alpha value is -1.59. The summed E-state index contributed by atoms with van der Waals surface area (Å²) in [6, 6.07) is 9.18. The van der Waals surface area contributed by atoms with E-state index in [2.05, 4.69) is 48.2 Å². The van der Waals surface area contributed by atoms with E-state index in [1.807, 2.05) is 4.90 Å². The minimum absolute atomic E-state index is 0.161. The lowest BCUT2D eigenvalue weighted by Crippen LogP contribution is -2.51. The zero-order valence-electron chi connectivity index (χ0n) is 14.2. The average molecular weight is 317 g/mol. The first-order valence-electron chi connectivity index (χ1n) is 8.49. The molecule has 0 N–H and O–H groups in total. The van der Waals surface area contributed by atoms with Crippen LogP contribution in [0.4, 0.5) is 5.69 Å². The number of carbonyl (C=O) groups is 1. The minimum Gasteiger partial charge on any atom is -0.378 e. The Kier molecular flexibility index (Phi) is 5.18. The van der Waals surface area contributed by atoms with Crippen molar-refractivity contribution >= 4 is 11.6 Å². The van der Waals surface area contributed by atoms with E-state index in [-0.39, 0.29) is 12.5 Å². The highest BCUT2D eigenvalue weighted by atomic mass is 16.5. The molecule has 2 fully saturated rings. The van der Waals surface area contributed by atoms with Gasteiger partial charge in [-0.05, 0) is 30.5 Å². The van der Waals surface area contributed by atoms with E-state index in [4.69, 9.17) is 4.74 Å². The summed E-state index contributed by atoms with van der Waals surface area (Å²) < 4.78 is 5.22. The molecule has 0 radical (unpaired) electrons. The Morgan fingerprint density at radius 3 is 2.43 bits per heavy atom. The number of piperidine rings is 1. The van der Waals surface area contributed by atoms with Gasteiger partial charge in [0.2, 0.25) is 5.91 Å². The van der Waals surface area contributed by atoms with Crippen molar-refractivity contribution in [1.82, 2.24) is 9.80 Å². The van der Waals surface area contributed by atoms with Crippen molar-refractivity contribution in [2.45, 2.75) is 25.4 Å². The van der Waals surface area contributed by atoms with E-state index in [9.17, 15) is 4.79 Å². The Morgan fingerprint density at radius 1 is 1.13 bits per heavy atom. The molecule has 2 aliphatic heterocycles. The number of ether oxygens (including phenoxy) is 1. The standard InChI is InChI=1S/C18H27N3O2/c1-19(2)16-5-3-15(4-6-16)13-20-9-7-17(8-10-20)21-11-12-23-14-18(21)22/h3-6,17H,7-14H2,1-2H3. The molecule has 2 aliphatic rings. The van der Waals surface area contributed by atoms with Crippen molar-refractivity contribution in [2.24, 2.45) is 0 Å². The summed E-state index contributed by atoms with van der Waals surface area (Å²) >= 11 is 0. The van der Waals surface area contributed by atoms with Gasteiger partial charge in [-0.2, -0.15) is 0 Å². The Morgan fingerprint density at radius 2 is 1.83 bits per heavy atom. The molecular weight excluding hydrogens is 290 g/mol. The number of likely N-dealkylation sites (tertiary alicyclic amines) is 1. The molecule has 0 atom stereocenters. The van der Waals surface area contributed by atoms with E-state index in [0.717, 1.165) is 39.0 Å². The molecule has 0 spiro atoms. The highest BCUT2D eigenvalue weighted by Gasteiger charge is 2.29. The summed E-state index contributed by atoms with van der Waals surface area (Å²) in [5, 5.41) is 0.